The van der Waals surface area contributed by atoms with Gasteiger partial charge in [-0.1, -0.05) is 6.92 Å². The second kappa shape index (κ2) is 4.98. The Kier molecular flexibility index (Phi) is 3.27. The van der Waals surface area contributed by atoms with E-state index in [-0.39, 0.29) is 23.5 Å². The average Bonchev–Trinajstić information content (AvgIpc) is 3.25. The average molecular weight is 287 g/mol. The van der Waals surface area contributed by atoms with E-state index in [0.717, 1.165) is 24.1 Å². The third-order valence-electron chi connectivity index (χ3n) is 4.39. The molecule has 1 unspecified atom stereocenters. The summed E-state index contributed by atoms with van der Waals surface area (Å²) in [6.07, 6.45) is 1.92. The third kappa shape index (κ3) is 2.55. The quantitative estimate of drug-likeness (QED) is 0.834. The van der Waals surface area contributed by atoms with E-state index in [1.165, 1.54) is 0 Å². The number of nitrogens with one attached hydrogen (secondary N) is 1. The van der Waals surface area contributed by atoms with Crippen LogP contribution in [0.1, 0.15) is 35.7 Å². The zero-order valence-corrected chi connectivity index (χ0v) is 11.8. The van der Waals surface area contributed by atoms with Gasteiger partial charge in [0.05, 0.1) is 5.92 Å². The maximum absolute atomic E-state index is 12.3. The van der Waals surface area contributed by atoms with Gasteiger partial charge in [-0.3, -0.25) is 14.4 Å². The molecule has 1 aromatic rings. The van der Waals surface area contributed by atoms with Crippen LogP contribution in [0.2, 0.25) is 0 Å². The highest BCUT2D eigenvalue weighted by Crippen LogP contribution is 2.41. The Bertz CT molecular complexity index is 637. The first kappa shape index (κ1) is 13.8. The van der Waals surface area contributed by atoms with Gasteiger partial charge >= 0.3 is 5.97 Å². The minimum Gasteiger partial charge on any atom is -0.481 e. The lowest BCUT2D eigenvalue weighted by Crippen LogP contribution is -2.18. The predicted molar refractivity (Wildman–Crippen MR) is 76.1 cm³/mol. The minimum absolute atomic E-state index is 0.000890. The van der Waals surface area contributed by atoms with Gasteiger partial charge in [-0.25, -0.2) is 0 Å². The van der Waals surface area contributed by atoms with E-state index in [4.69, 9.17) is 5.11 Å². The van der Waals surface area contributed by atoms with Crippen LogP contribution in [0.3, 0.4) is 0 Å². The number of carbonyl (C=O) groups is 3. The first-order valence-electron chi connectivity index (χ1n) is 7.18. The van der Waals surface area contributed by atoms with E-state index in [9.17, 15) is 14.4 Å². The lowest BCUT2D eigenvalue weighted by Gasteiger charge is -2.09. The zero-order chi connectivity index (χ0) is 15.1. The summed E-state index contributed by atoms with van der Waals surface area (Å²) in [6.45, 7) is 1.88. The Labute approximate surface area is 122 Å². The van der Waals surface area contributed by atoms with Crippen molar-refractivity contribution >= 4 is 23.3 Å². The number of fused-ring (bicyclic) bond motifs is 1. The molecular weight excluding hydrogens is 270 g/mol. The monoisotopic (exact) mass is 287 g/mol. The molecule has 5 heteroatoms. The van der Waals surface area contributed by atoms with Gasteiger partial charge in [-0.15, -0.1) is 0 Å². The molecule has 1 aromatic carbocycles. The number of hydrogen-bond donors (Lipinski definition) is 2. The number of hydrogen-bond acceptors (Lipinski definition) is 3. The van der Waals surface area contributed by atoms with E-state index in [0.29, 0.717) is 12.0 Å². The molecular formula is C16H17NO4. The molecule has 1 aliphatic heterocycles. The Morgan fingerprint density at radius 3 is 2.71 bits per heavy atom. The first-order chi connectivity index (χ1) is 9.97. The van der Waals surface area contributed by atoms with Crippen molar-refractivity contribution in [1.82, 2.24) is 0 Å². The molecule has 0 spiro atoms. The highest BCUT2D eigenvalue weighted by atomic mass is 16.4. The number of aryl methyl sites for hydroxylation is 1. The van der Waals surface area contributed by atoms with Gasteiger partial charge in [0, 0.05) is 23.1 Å². The SMILES string of the molecule is CC1CCc2cc(C(=O)[C@H]3C[C@H]3C(=O)O)ccc2NC1=O. The number of Topliss-reactive ketones (excluding diaryl/α,β-unsaturated/α-hetero) is 1. The van der Waals surface area contributed by atoms with Crippen LogP contribution in [0.5, 0.6) is 0 Å². The van der Waals surface area contributed by atoms with Crippen LogP contribution < -0.4 is 5.32 Å². The molecule has 5 nitrogen and oxygen atoms in total. The summed E-state index contributed by atoms with van der Waals surface area (Å²) in [5.41, 5.74) is 2.25. The summed E-state index contributed by atoms with van der Waals surface area (Å²) < 4.78 is 0. The van der Waals surface area contributed by atoms with Gasteiger partial charge in [0.25, 0.3) is 0 Å². The van der Waals surface area contributed by atoms with Crippen molar-refractivity contribution in [2.24, 2.45) is 17.8 Å². The molecule has 1 saturated carbocycles. The maximum Gasteiger partial charge on any atom is 0.307 e. The van der Waals surface area contributed by atoms with Crippen molar-refractivity contribution < 1.29 is 19.5 Å². The molecule has 0 bridgehead atoms. The maximum atomic E-state index is 12.3. The van der Waals surface area contributed by atoms with Gasteiger partial charge in [-0.05, 0) is 43.0 Å². The Morgan fingerprint density at radius 2 is 2.05 bits per heavy atom. The van der Waals surface area contributed by atoms with Crippen LogP contribution in [-0.4, -0.2) is 22.8 Å². The summed E-state index contributed by atoms with van der Waals surface area (Å²) in [5.74, 6) is -1.97. The fourth-order valence-electron chi connectivity index (χ4n) is 2.81. The Hall–Kier alpha value is -2.17. The smallest absolute Gasteiger partial charge is 0.307 e. The number of carboxylic acids is 1. The summed E-state index contributed by atoms with van der Waals surface area (Å²) in [7, 11) is 0. The molecule has 1 aliphatic carbocycles. The summed E-state index contributed by atoms with van der Waals surface area (Å²) in [5, 5.41) is 11.8. The fourth-order valence-corrected chi connectivity index (χ4v) is 2.81. The van der Waals surface area contributed by atoms with Crippen molar-refractivity contribution in [3.63, 3.8) is 0 Å². The van der Waals surface area contributed by atoms with Crippen LogP contribution >= 0.6 is 0 Å². The molecule has 2 N–H and O–H groups in total. The van der Waals surface area contributed by atoms with Gasteiger partial charge in [0.2, 0.25) is 5.91 Å². The number of ketones is 1. The summed E-state index contributed by atoms with van der Waals surface area (Å²) in [6, 6.07) is 5.22. The molecule has 3 atom stereocenters. The Balaban J connectivity index is 1.82. The molecule has 2 aliphatic rings. The van der Waals surface area contributed by atoms with Crippen molar-refractivity contribution in [2.45, 2.75) is 26.2 Å². The zero-order valence-electron chi connectivity index (χ0n) is 11.8. The first-order valence-corrected chi connectivity index (χ1v) is 7.18. The molecule has 3 rings (SSSR count). The van der Waals surface area contributed by atoms with Gasteiger partial charge in [0.1, 0.15) is 0 Å². The third-order valence-corrected chi connectivity index (χ3v) is 4.39. The van der Waals surface area contributed by atoms with E-state index in [1.54, 1.807) is 18.2 Å². The number of carbonyl (C=O) groups excluding carboxylic acids is 2. The Morgan fingerprint density at radius 1 is 1.29 bits per heavy atom. The van der Waals surface area contributed by atoms with E-state index in [1.807, 2.05) is 6.92 Å². The second-order valence-corrected chi connectivity index (χ2v) is 5.95. The van der Waals surface area contributed by atoms with Crippen LogP contribution in [-0.2, 0) is 16.0 Å². The highest BCUT2D eigenvalue weighted by molar-refractivity contribution is 6.03. The van der Waals surface area contributed by atoms with E-state index >= 15 is 0 Å². The molecule has 1 amide bonds. The van der Waals surface area contributed by atoms with Crippen LogP contribution in [0.15, 0.2) is 18.2 Å². The predicted octanol–water partition coefficient (Wildman–Crippen LogP) is 2.11. The second-order valence-electron chi connectivity index (χ2n) is 5.95. The highest BCUT2D eigenvalue weighted by Gasteiger charge is 2.48. The van der Waals surface area contributed by atoms with Crippen molar-refractivity contribution in [3.8, 4) is 0 Å². The topological polar surface area (TPSA) is 83.5 Å². The largest absolute Gasteiger partial charge is 0.481 e. The van der Waals surface area contributed by atoms with Crippen LogP contribution in [0.4, 0.5) is 5.69 Å². The minimum atomic E-state index is -0.899. The number of carboxylic acid groups (broad SMARTS) is 1. The summed E-state index contributed by atoms with van der Waals surface area (Å²) in [4.78, 5) is 34.9. The van der Waals surface area contributed by atoms with Crippen molar-refractivity contribution in [3.05, 3.63) is 29.3 Å². The molecule has 1 heterocycles. The number of benzene rings is 1. The molecule has 0 radical (unpaired) electrons. The number of aliphatic carboxylic acids is 1. The van der Waals surface area contributed by atoms with E-state index < -0.39 is 11.9 Å². The van der Waals surface area contributed by atoms with Gasteiger partial charge in [-0.2, -0.15) is 0 Å². The van der Waals surface area contributed by atoms with Crippen LogP contribution in [0.25, 0.3) is 0 Å². The molecule has 0 aromatic heterocycles. The van der Waals surface area contributed by atoms with Crippen molar-refractivity contribution in [2.75, 3.05) is 5.32 Å². The lowest BCUT2D eigenvalue weighted by atomic mass is 9.98. The van der Waals surface area contributed by atoms with Gasteiger partial charge < -0.3 is 10.4 Å². The number of anilines is 1. The fraction of sp³-hybridized carbons (Fsp3) is 0.438. The van der Waals surface area contributed by atoms with E-state index in [2.05, 4.69) is 5.32 Å². The van der Waals surface area contributed by atoms with Gasteiger partial charge in [0.15, 0.2) is 5.78 Å². The molecule has 0 saturated heterocycles. The standard InChI is InChI=1S/C16H17NO4/c1-8-2-3-9-6-10(4-5-13(9)17-15(8)19)14(18)11-7-12(11)16(20)21/h4-6,8,11-12H,2-3,7H2,1H3,(H,17,19)(H,20,21)/t8?,11-,12+/m0/s1. The summed E-state index contributed by atoms with van der Waals surface area (Å²) >= 11 is 0. The molecule has 110 valence electrons. The number of rotatable bonds is 3. The van der Waals surface area contributed by atoms with Crippen molar-refractivity contribution in [1.29, 1.82) is 0 Å². The normalized spacial score (nSPS) is 27.3. The number of amides is 1. The molecule has 21 heavy (non-hydrogen) atoms. The van der Waals surface area contributed by atoms with Crippen LogP contribution in [0, 0.1) is 17.8 Å². The molecule has 1 fully saturated rings. The lowest BCUT2D eigenvalue weighted by molar-refractivity contribution is -0.138.